The van der Waals surface area contributed by atoms with Gasteiger partial charge < -0.3 is 5.73 Å². The Morgan fingerprint density at radius 3 is 2.38 bits per heavy atom. The molecular formula is C9H19ClN2S. The molecule has 0 saturated carbocycles. The van der Waals surface area contributed by atoms with E-state index in [2.05, 4.69) is 16.7 Å². The molecule has 13 heavy (non-hydrogen) atoms. The van der Waals surface area contributed by atoms with Crippen molar-refractivity contribution in [3.63, 3.8) is 0 Å². The van der Waals surface area contributed by atoms with Crippen LogP contribution in [0.3, 0.4) is 0 Å². The van der Waals surface area contributed by atoms with Crippen molar-refractivity contribution in [2.24, 2.45) is 5.73 Å². The third kappa shape index (κ3) is 3.01. The Kier molecular flexibility index (Phi) is 4.87. The minimum absolute atomic E-state index is 0. The highest BCUT2D eigenvalue weighted by molar-refractivity contribution is 7.99. The smallest absolute Gasteiger partial charge is 0.0180 e. The Morgan fingerprint density at radius 1 is 1.15 bits per heavy atom. The molecule has 0 aromatic carbocycles. The molecule has 1 atom stereocenters. The maximum atomic E-state index is 5.88. The number of nitrogens with two attached hydrogens (primary N) is 1. The van der Waals surface area contributed by atoms with Crippen molar-refractivity contribution in [1.29, 1.82) is 0 Å². The van der Waals surface area contributed by atoms with E-state index in [0.717, 1.165) is 12.6 Å². The number of nitrogens with zero attached hydrogens (tertiary/aromatic N) is 1. The molecule has 2 rings (SSSR count). The van der Waals surface area contributed by atoms with Crippen molar-refractivity contribution in [3.05, 3.63) is 0 Å². The molecule has 0 aromatic heterocycles. The van der Waals surface area contributed by atoms with E-state index in [1.165, 1.54) is 37.3 Å². The van der Waals surface area contributed by atoms with Crippen LogP contribution in [-0.4, -0.2) is 41.6 Å². The van der Waals surface area contributed by atoms with Gasteiger partial charge in [0.25, 0.3) is 0 Å². The maximum absolute atomic E-state index is 5.88. The molecule has 4 heteroatoms. The number of hydrogen-bond donors (Lipinski definition) is 1. The topological polar surface area (TPSA) is 29.3 Å². The van der Waals surface area contributed by atoms with Gasteiger partial charge in [-0.3, -0.25) is 4.90 Å². The van der Waals surface area contributed by atoms with E-state index in [-0.39, 0.29) is 12.4 Å². The van der Waals surface area contributed by atoms with Gasteiger partial charge in [-0.25, -0.2) is 0 Å². The molecule has 0 amide bonds. The van der Waals surface area contributed by atoms with Crippen LogP contribution in [0.25, 0.3) is 0 Å². The summed E-state index contributed by atoms with van der Waals surface area (Å²) in [6.45, 7) is 2.39. The second-order valence-corrected chi connectivity index (χ2v) is 5.11. The van der Waals surface area contributed by atoms with Crippen LogP contribution >= 0.6 is 24.2 Å². The summed E-state index contributed by atoms with van der Waals surface area (Å²) in [6.07, 6.45) is 3.98. The Bertz CT molecular complexity index is 148. The van der Waals surface area contributed by atoms with Crippen molar-refractivity contribution in [2.45, 2.75) is 31.3 Å². The molecule has 2 nitrogen and oxygen atoms in total. The molecule has 0 unspecified atom stereocenters. The van der Waals surface area contributed by atoms with Gasteiger partial charge in [-0.05, 0) is 30.8 Å². The van der Waals surface area contributed by atoms with Gasteiger partial charge in [-0.15, -0.1) is 12.4 Å². The highest BCUT2D eigenvalue weighted by Gasteiger charge is 2.26. The molecule has 0 aliphatic carbocycles. The van der Waals surface area contributed by atoms with Crippen molar-refractivity contribution in [2.75, 3.05) is 24.6 Å². The Hall–Kier alpha value is 0.560. The van der Waals surface area contributed by atoms with Gasteiger partial charge >= 0.3 is 0 Å². The molecule has 0 spiro atoms. The Morgan fingerprint density at radius 2 is 1.85 bits per heavy atom. The molecule has 2 fully saturated rings. The number of thioether (sulfide) groups is 1. The molecule has 2 saturated heterocycles. The van der Waals surface area contributed by atoms with E-state index >= 15 is 0 Å². The second kappa shape index (κ2) is 5.44. The SMILES string of the molecule is Cl.N[C@@H]1CCN(C2CCSCC2)C1. The van der Waals surface area contributed by atoms with Gasteiger partial charge in [0.05, 0.1) is 0 Å². The van der Waals surface area contributed by atoms with Gasteiger partial charge in [0.15, 0.2) is 0 Å². The largest absolute Gasteiger partial charge is 0.326 e. The minimum Gasteiger partial charge on any atom is -0.326 e. The average Bonchev–Trinajstić information content (AvgIpc) is 2.54. The summed E-state index contributed by atoms with van der Waals surface area (Å²) >= 11 is 2.10. The third-order valence-electron chi connectivity index (χ3n) is 2.96. The van der Waals surface area contributed by atoms with Crippen LogP contribution in [0.2, 0.25) is 0 Å². The Balaban J connectivity index is 0.000000845. The summed E-state index contributed by atoms with van der Waals surface area (Å²) in [5.74, 6) is 2.72. The van der Waals surface area contributed by atoms with Crippen LogP contribution in [0.4, 0.5) is 0 Å². The first-order valence-corrected chi connectivity index (χ1v) is 6.09. The molecule has 0 bridgehead atoms. The van der Waals surface area contributed by atoms with Crippen molar-refractivity contribution < 1.29 is 0 Å². The highest BCUT2D eigenvalue weighted by atomic mass is 35.5. The maximum Gasteiger partial charge on any atom is 0.0180 e. The molecule has 2 aliphatic heterocycles. The number of halogens is 1. The van der Waals surface area contributed by atoms with E-state index in [4.69, 9.17) is 5.73 Å². The van der Waals surface area contributed by atoms with Gasteiger partial charge in [0.2, 0.25) is 0 Å². The summed E-state index contributed by atoms with van der Waals surface area (Å²) in [6, 6.07) is 1.32. The van der Waals surface area contributed by atoms with Gasteiger partial charge in [0, 0.05) is 25.2 Å². The fraction of sp³-hybridized carbons (Fsp3) is 1.00. The lowest BCUT2D eigenvalue weighted by Crippen LogP contribution is -2.37. The van der Waals surface area contributed by atoms with Crippen molar-refractivity contribution in [1.82, 2.24) is 4.90 Å². The summed E-state index contributed by atoms with van der Waals surface area (Å²) in [5, 5.41) is 0. The van der Waals surface area contributed by atoms with Gasteiger partial charge in [-0.1, -0.05) is 0 Å². The van der Waals surface area contributed by atoms with Crippen LogP contribution < -0.4 is 5.73 Å². The monoisotopic (exact) mass is 222 g/mol. The van der Waals surface area contributed by atoms with Gasteiger partial charge in [-0.2, -0.15) is 11.8 Å². The van der Waals surface area contributed by atoms with Crippen LogP contribution in [0.5, 0.6) is 0 Å². The number of likely N-dealkylation sites (tertiary alicyclic amines) is 1. The van der Waals surface area contributed by atoms with Crippen LogP contribution in [0, 0.1) is 0 Å². The fourth-order valence-corrected chi connectivity index (χ4v) is 3.28. The summed E-state index contributed by atoms with van der Waals surface area (Å²) in [7, 11) is 0. The van der Waals surface area contributed by atoms with Crippen LogP contribution in [-0.2, 0) is 0 Å². The predicted molar refractivity (Wildman–Crippen MR) is 61.8 cm³/mol. The predicted octanol–water partition coefficient (Wildman–Crippen LogP) is 1.34. The zero-order chi connectivity index (χ0) is 8.39. The zero-order valence-corrected chi connectivity index (χ0v) is 9.58. The molecular weight excluding hydrogens is 204 g/mol. The third-order valence-corrected chi connectivity index (χ3v) is 4.01. The van der Waals surface area contributed by atoms with Crippen LogP contribution in [0.1, 0.15) is 19.3 Å². The summed E-state index contributed by atoms with van der Waals surface area (Å²) in [5.41, 5.74) is 5.88. The molecule has 78 valence electrons. The first-order valence-electron chi connectivity index (χ1n) is 4.93. The van der Waals surface area contributed by atoms with E-state index < -0.39 is 0 Å². The molecule has 0 radical (unpaired) electrons. The van der Waals surface area contributed by atoms with Crippen LogP contribution in [0.15, 0.2) is 0 Å². The standard InChI is InChI=1S/C9H18N2S.ClH/c10-8-1-4-11(7-8)9-2-5-12-6-3-9;/h8-9H,1-7,10H2;1H/t8-;/m1./s1. The molecule has 2 heterocycles. The van der Waals surface area contributed by atoms with E-state index in [1.807, 2.05) is 0 Å². The van der Waals surface area contributed by atoms with Crippen molar-refractivity contribution >= 4 is 24.2 Å². The van der Waals surface area contributed by atoms with Crippen molar-refractivity contribution in [3.8, 4) is 0 Å². The van der Waals surface area contributed by atoms with E-state index in [1.54, 1.807) is 0 Å². The molecule has 2 N–H and O–H groups in total. The molecule has 0 aromatic rings. The minimum atomic E-state index is 0. The van der Waals surface area contributed by atoms with E-state index in [9.17, 15) is 0 Å². The van der Waals surface area contributed by atoms with E-state index in [0.29, 0.717) is 6.04 Å². The highest BCUT2D eigenvalue weighted by Crippen LogP contribution is 2.24. The summed E-state index contributed by atoms with van der Waals surface area (Å²) in [4.78, 5) is 2.60. The zero-order valence-electron chi connectivity index (χ0n) is 7.95. The normalized spacial score (nSPS) is 31.6. The summed E-state index contributed by atoms with van der Waals surface area (Å²) < 4.78 is 0. The molecule has 2 aliphatic rings. The average molecular weight is 223 g/mol. The van der Waals surface area contributed by atoms with Gasteiger partial charge in [0.1, 0.15) is 0 Å². The first-order chi connectivity index (χ1) is 5.86. The number of hydrogen-bond acceptors (Lipinski definition) is 3. The lowest BCUT2D eigenvalue weighted by molar-refractivity contribution is 0.227. The second-order valence-electron chi connectivity index (χ2n) is 3.89. The quantitative estimate of drug-likeness (QED) is 0.726. The lowest BCUT2D eigenvalue weighted by Gasteiger charge is -2.30. The lowest BCUT2D eigenvalue weighted by atomic mass is 10.1. The first kappa shape index (κ1) is 11.6. The number of rotatable bonds is 1. The fourth-order valence-electron chi connectivity index (χ4n) is 2.20. The Labute approximate surface area is 91.0 Å².